The van der Waals surface area contributed by atoms with Crippen LogP contribution in [-0.4, -0.2) is 40.6 Å². The van der Waals surface area contributed by atoms with E-state index in [1.165, 1.54) is 12.1 Å². The Labute approximate surface area is 180 Å². The highest BCUT2D eigenvalue weighted by Gasteiger charge is 2.31. The average molecular weight is 438 g/mol. The molecule has 0 bridgehead atoms. The molecular weight excluding hydrogens is 409 g/mol. The van der Waals surface area contributed by atoms with Crippen molar-refractivity contribution in [1.82, 2.24) is 9.97 Å². The molecule has 1 aliphatic rings. The molecule has 2 N–H and O–H groups in total. The van der Waals surface area contributed by atoms with Crippen LogP contribution in [0, 0.1) is 5.92 Å². The number of aliphatic hydroxyl groups is 1. The molecule has 0 unspecified atom stereocenters. The molecule has 2 aromatic rings. The van der Waals surface area contributed by atoms with Gasteiger partial charge in [-0.2, -0.15) is 4.98 Å². The Morgan fingerprint density at radius 1 is 1.13 bits per heavy atom. The van der Waals surface area contributed by atoms with Crippen molar-refractivity contribution in [3.63, 3.8) is 0 Å². The zero-order valence-corrected chi connectivity index (χ0v) is 18.2. The lowest BCUT2D eigenvalue weighted by Gasteiger charge is -2.31. The number of fused-ring (bicyclic) bond motifs is 1. The number of aromatic nitrogens is 2. The van der Waals surface area contributed by atoms with Crippen LogP contribution in [0.1, 0.15) is 50.4 Å². The Kier molecular flexibility index (Phi) is 6.93. The van der Waals surface area contributed by atoms with Gasteiger partial charge in [0, 0.05) is 19.2 Å². The minimum atomic E-state index is -4.70. The summed E-state index contributed by atoms with van der Waals surface area (Å²) >= 11 is 0. The molecule has 0 radical (unpaired) electrons. The van der Waals surface area contributed by atoms with Crippen molar-refractivity contribution < 1.29 is 23.0 Å². The Hall–Kier alpha value is -2.55. The smallest absolute Gasteiger partial charge is 0.406 e. The number of alkyl halides is 3. The van der Waals surface area contributed by atoms with Crippen molar-refractivity contribution in [2.75, 3.05) is 23.4 Å². The van der Waals surface area contributed by atoms with E-state index in [0.717, 1.165) is 22.6 Å². The molecular formula is C22H29F3N4O2. The number of hydrogen-bond acceptors (Lipinski definition) is 6. The Balaban J connectivity index is 1.84. The van der Waals surface area contributed by atoms with Gasteiger partial charge in [0.05, 0.1) is 18.3 Å². The lowest BCUT2D eigenvalue weighted by Crippen LogP contribution is -2.33. The number of halogens is 3. The van der Waals surface area contributed by atoms with Gasteiger partial charge in [-0.3, -0.25) is 0 Å². The van der Waals surface area contributed by atoms with Gasteiger partial charge in [0.15, 0.2) is 0 Å². The summed E-state index contributed by atoms with van der Waals surface area (Å²) in [5.41, 5.74) is 2.66. The first kappa shape index (κ1) is 23.1. The van der Waals surface area contributed by atoms with Crippen LogP contribution < -0.4 is 15.0 Å². The summed E-state index contributed by atoms with van der Waals surface area (Å²) in [4.78, 5) is 11.4. The molecule has 6 nitrogen and oxygen atoms in total. The summed E-state index contributed by atoms with van der Waals surface area (Å²) in [5.74, 6) is 1.42. The number of hydrogen-bond donors (Lipinski definition) is 2. The van der Waals surface area contributed by atoms with Crippen LogP contribution in [0.2, 0.25) is 0 Å². The number of nitrogens with one attached hydrogen (secondary N) is 1. The molecule has 0 spiro atoms. The number of rotatable bonds is 7. The van der Waals surface area contributed by atoms with Crippen LogP contribution in [0.4, 0.5) is 24.9 Å². The standard InChI is InChI=1S/C22H29F3N4O2/c1-13(2)18-10-20(28-21(26-18)27-19(12-30)14(3)4)29-8-7-15-9-17(31-22(23,24)25)6-5-16(15)11-29/h5-6,9-10,13-14,19,30H,7-8,11-12H2,1-4H3,(H,26,27,28)/t19-/m0/s1. The van der Waals surface area contributed by atoms with Gasteiger partial charge in [0.25, 0.3) is 0 Å². The van der Waals surface area contributed by atoms with Gasteiger partial charge in [-0.1, -0.05) is 33.8 Å². The predicted octanol–water partition coefficient (Wildman–Crippen LogP) is 4.49. The third-order valence-corrected chi connectivity index (χ3v) is 5.39. The van der Waals surface area contributed by atoms with Crippen LogP contribution in [0.5, 0.6) is 5.75 Å². The van der Waals surface area contributed by atoms with E-state index in [1.807, 2.05) is 19.9 Å². The summed E-state index contributed by atoms with van der Waals surface area (Å²) in [6, 6.07) is 6.26. The zero-order valence-electron chi connectivity index (χ0n) is 18.2. The monoisotopic (exact) mass is 438 g/mol. The van der Waals surface area contributed by atoms with Gasteiger partial charge in [-0.25, -0.2) is 4.98 Å². The molecule has 3 rings (SSSR count). The SMILES string of the molecule is CC(C)c1cc(N2CCc3cc(OC(F)(F)F)ccc3C2)nc(N[C@@H](CO)C(C)C)n1. The van der Waals surface area contributed by atoms with Crippen molar-refractivity contribution in [1.29, 1.82) is 0 Å². The van der Waals surface area contributed by atoms with Crippen molar-refractivity contribution in [2.24, 2.45) is 5.92 Å². The fourth-order valence-electron chi connectivity index (χ4n) is 3.49. The van der Waals surface area contributed by atoms with E-state index in [-0.39, 0.29) is 30.2 Å². The molecule has 1 atom stereocenters. The minimum absolute atomic E-state index is 0.0261. The molecule has 1 aliphatic heterocycles. The van der Waals surface area contributed by atoms with Gasteiger partial charge in [-0.05, 0) is 41.5 Å². The minimum Gasteiger partial charge on any atom is -0.406 e. The van der Waals surface area contributed by atoms with E-state index in [9.17, 15) is 18.3 Å². The van der Waals surface area contributed by atoms with E-state index in [2.05, 4.69) is 38.8 Å². The van der Waals surface area contributed by atoms with Crippen LogP contribution in [0.25, 0.3) is 0 Å². The second-order valence-corrected chi connectivity index (χ2v) is 8.46. The van der Waals surface area contributed by atoms with Gasteiger partial charge < -0.3 is 20.1 Å². The maximum Gasteiger partial charge on any atom is 0.573 e. The summed E-state index contributed by atoms with van der Waals surface area (Å²) in [6.07, 6.45) is -4.12. The van der Waals surface area contributed by atoms with E-state index < -0.39 is 6.36 Å². The van der Waals surface area contributed by atoms with E-state index in [4.69, 9.17) is 0 Å². The lowest BCUT2D eigenvalue weighted by molar-refractivity contribution is -0.274. The largest absolute Gasteiger partial charge is 0.573 e. The molecule has 1 aromatic heterocycles. The fourth-order valence-corrected chi connectivity index (χ4v) is 3.49. The van der Waals surface area contributed by atoms with Crippen molar-refractivity contribution in [3.05, 3.63) is 41.1 Å². The number of benzene rings is 1. The maximum absolute atomic E-state index is 12.5. The maximum atomic E-state index is 12.5. The van der Waals surface area contributed by atoms with Crippen LogP contribution in [-0.2, 0) is 13.0 Å². The third-order valence-electron chi connectivity index (χ3n) is 5.39. The summed E-state index contributed by atoms with van der Waals surface area (Å²) in [7, 11) is 0. The highest BCUT2D eigenvalue weighted by molar-refractivity contribution is 5.50. The zero-order chi connectivity index (χ0) is 22.8. The molecule has 0 fully saturated rings. The molecule has 1 aromatic carbocycles. The quantitative estimate of drug-likeness (QED) is 0.664. The topological polar surface area (TPSA) is 70.5 Å². The normalized spacial score (nSPS) is 15.2. The first-order valence-electron chi connectivity index (χ1n) is 10.4. The molecule has 0 aliphatic carbocycles. The molecule has 31 heavy (non-hydrogen) atoms. The second-order valence-electron chi connectivity index (χ2n) is 8.46. The Morgan fingerprint density at radius 3 is 2.48 bits per heavy atom. The van der Waals surface area contributed by atoms with Gasteiger partial charge >= 0.3 is 6.36 Å². The highest BCUT2D eigenvalue weighted by Crippen LogP contribution is 2.30. The van der Waals surface area contributed by atoms with Gasteiger partial charge in [0.2, 0.25) is 5.95 Å². The van der Waals surface area contributed by atoms with Crippen molar-refractivity contribution in [2.45, 2.75) is 59.0 Å². The number of anilines is 2. The second kappa shape index (κ2) is 9.30. The predicted molar refractivity (Wildman–Crippen MR) is 113 cm³/mol. The molecule has 2 heterocycles. The van der Waals surface area contributed by atoms with E-state index in [0.29, 0.717) is 25.5 Å². The first-order valence-corrected chi connectivity index (χ1v) is 10.4. The van der Waals surface area contributed by atoms with Gasteiger partial charge in [-0.15, -0.1) is 13.2 Å². The third kappa shape index (κ3) is 6.00. The van der Waals surface area contributed by atoms with Crippen molar-refractivity contribution >= 4 is 11.8 Å². The van der Waals surface area contributed by atoms with Crippen LogP contribution in [0.3, 0.4) is 0 Å². The first-order chi connectivity index (χ1) is 14.6. The number of aliphatic hydroxyl groups excluding tert-OH is 1. The Bertz CT molecular complexity index is 903. The number of nitrogens with zero attached hydrogens (tertiary/aromatic N) is 3. The number of ether oxygens (including phenoxy) is 1. The molecule has 9 heteroatoms. The van der Waals surface area contributed by atoms with Crippen LogP contribution >= 0.6 is 0 Å². The highest BCUT2D eigenvalue weighted by atomic mass is 19.4. The molecule has 170 valence electrons. The van der Waals surface area contributed by atoms with Crippen LogP contribution in [0.15, 0.2) is 24.3 Å². The lowest BCUT2D eigenvalue weighted by atomic mass is 9.99. The van der Waals surface area contributed by atoms with Gasteiger partial charge in [0.1, 0.15) is 11.6 Å². The summed E-state index contributed by atoms with van der Waals surface area (Å²) < 4.78 is 41.5. The van der Waals surface area contributed by atoms with E-state index >= 15 is 0 Å². The fraction of sp³-hybridized carbons (Fsp3) is 0.545. The summed E-state index contributed by atoms with van der Waals surface area (Å²) in [6.45, 7) is 9.25. The molecule has 0 saturated carbocycles. The molecule has 0 amide bonds. The van der Waals surface area contributed by atoms with Crippen molar-refractivity contribution in [3.8, 4) is 5.75 Å². The summed E-state index contributed by atoms with van der Waals surface area (Å²) in [5, 5.41) is 12.9. The Morgan fingerprint density at radius 2 is 1.87 bits per heavy atom. The average Bonchev–Trinajstić information content (AvgIpc) is 2.69. The van der Waals surface area contributed by atoms with E-state index in [1.54, 1.807) is 6.07 Å². The molecule has 0 saturated heterocycles.